The fraction of sp³-hybridized carbons (Fsp3) is 0.794. The summed E-state index contributed by atoms with van der Waals surface area (Å²) in [5, 5.41) is 22.2. The second-order valence-corrected chi connectivity index (χ2v) is 14.5. The molecule has 1 aromatic rings. The Bertz CT molecular complexity index is 1020. The maximum Gasteiger partial charge on any atom is 0.222 e. The number of aliphatic hydroxyl groups excluding tert-OH is 2. The van der Waals surface area contributed by atoms with Crippen molar-refractivity contribution in [1.82, 2.24) is 4.90 Å². The van der Waals surface area contributed by atoms with E-state index in [9.17, 15) is 15.0 Å². The highest BCUT2D eigenvalue weighted by atomic mass is 16.5. The second kappa shape index (κ2) is 10.8. The largest absolute Gasteiger partial charge is 0.393 e. The van der Waals surface area contributed by atoms with Crippen molar-refractivity contribution in [2.24, 2.45) is 46.3 Å². The normalized spacial score (nSPS) is 44.7. The lowest BCUT2D eigenvalue weighted by molar-refractivity contribution is -0.175. The maximum atomic E-state index is 13.3. The third kappa shape index (κ3) is 4.78. The van der Waals surface area contributed by atoms with E-state index in [1.807, 2.05) is 23.1 Å². The van der Waals surface area contributed by atoms with E-state index < -0.39 is 0 Å². The molecule has 1 amide bonds. The highest BCUT2D eigenvalue weighted by molar-refractivity contribution is 5.76. The zero-order valence-corrected chi connectivity index (χ0v) is 24.4. The number of morpholine rings is 1. The van der Waals surface area contributed by atoms with Crippen molar-refractivity contribution in [3.05, 3.63) is 35.9 Å². The van der Waals surface area contributed by atoms with Crippen molar-refractivity contribution in [2.75, 3.05) is 19.7 Å². The first-order valence-corrected chi connectivity index (χ1v) is 16.0. The standard InChI is InChI=1S/C34H51NO4/c1-22(9-14-32(38)35-17-18-39-30(21-35)23-7-5-4-6-8-23)27-12-13-28-26-11-10-24-19-25(36)15-16-33(24,2)29(26)20-31(37)34(27,28)3/h4-8,22,24-31,36-37H,9-21H2,1-3H3/t22-,24-,25-,26+,27-,28+,29+,30?,31+,33+,34-/m1/s1. The quantitative estimate of drug-likeness (QED) is 0.484. The van der Waals surface area contributed by atoms with E-state index in [2.05, 4.69) is 32.9 Å². The molecular formula is C34H51NO4. The molecule has 216 valence electrons. The summed E-state index contributed by atoms with van der Waals surface area (Å²) in [6.07, 6.45) is 9.92. The van der Waals surface area contributed by atoms with Crippen LogP contribution in [0.5, 0.6) is 0 Å². The second-order valence-electron chi connectivity index (χ2n) is 14.5. The molecule has 1 heterocycles. The Hall–Kier alpha value is -1.43. The molecule has 5 aliphatic rings. The molecule has 5 nitrogen and oxygen atoms in total. The molecule has 1 saturated heterocycles. The average molecular weight is 538 g/mol. The molecule has 5 heteroatoms. The van der Waals surface area contributed by atoms with E-state index >= 15 is 0 Å². The molecule has 0 bridgehead atoms. The molecule has 0 aromatic heterocycles. The number of aliphatic hydroxyl groups is 2. The Morgan fingerprint density at radius 1 is 1.05 bits per heavy atom. The number of carbonyl (C=O) groups is 1. The highest BCUT2D eigenvalue weighted by Gasteiger charge is 2.63. The lowest BCUT2D eigenvalue weighted by atomic mass is 9.43. The van der Waals surface area contributed by atoms with Gasteiger partial charge >= 0.3 is 0 Å². The van der Waals surface area contributed by atoms with Gasteiger partial charge in [0.1, 0.15) is 6.10 Å². The molecule has 1 unspecified atom stereocenters. The van der Waals surface area contributed by atoms with Crippen molar-refractivity contribution in [2.45, 2.75) is 103 Å². The molecule has 5 fully saturated rings. The van der Waals surface area contributed by atoms with Crippen LogP contribution in [-0.4, -0.2) is 52.9 Å². The number of hydrogen-bond acceptors (Lipinski definition) is 4. The monoisotopic (exact) mass is 537 g/mol. The van der Waals surface area contributed by atoms with Crippen LogP contribution in [0.3, 0.4) is 0 Å². The summed E-state index contributed by atoms with van der Waals surface area (Å²) >= 11 is 0. The van der Waals surface area contributed by atoms with Gasteiger partial charge in [0.25, 0.3) is 0 Å². The van der Waals surface area contributed by atoms with Gasteiger partial charge in [-0.05, 0) is 110 Å². The van der Waals surface area contributed by atoms with Crippen LogP contribution < -0.4 is 0 Å². The predicted molar refractivity (Wildman–Crippen MR) is 153 cm³/mol. The molecule has 1 aromatic carbocycles. The minimum atomic E-state index is -0.261. The lowest BCUT2D eigenvalue weighted by Crippen LogP contribution is -2.58. The first-order chi connectivity index (χ1) is 18.7. The number of hydrogen-bond donors (Lipinski definition) is 2. The molecule has 1 aliphatic heterocycles. The molecule has 4 aliphatic carbocycles. The Morgan fingerprint density at radius 2 is 1.85 bits per heavy atom. The highest BCUT2D eigenvalue weighted by Crippen LogP contribution is 2.68. The van der Waals surface area contributed by atoms with Crippen LogP contribution in [0.2, 0.25) is 0 Å². The fourth-order valence-electron chi connectivity index (χ4n) is 10.6. The SMILES string of the molecule is C[C@H](CCC(=O)N1CCOC(c2ccccc2)C1)[C@H]1CC[C@H]2[C@@H]3CC[C@@H]4C[C@H](O)CC[C@]4(C)[C@H]3C[C@H](O)[C@]12C. The fourth-order valence-corrected chi connectivity index (χ4v) is 10.6. The van der Waals surface area contributed by atoms with Gasteiger partial charge < -0.3 is 19.8 Å². The third-order valence-electron chi connectivity index (χ3n) is 12.9. The van der Waals surface area contributed by atoms with Crippen LogP contribution in [0.15, 0.2) is 30.3 Å². The van der Waals surface area contributed by atoms with E-state index in [-0.39, 0.29) is 35.0 Å². The van der Waals surface area contributed by atoms with E-state index in [0.717, 1.165) is 37.7 Å². The zero-order chi connectivity index (χ0) is 27.4. The molecule has 0 spiro atoms. The van der Waals surface area contributed by atoms with Gasteiger partial charge in [0, 0.05) is 13.0 Å². The van der Waals surface area contributed by atoms with Crippen LogP contribution in [0.1, 0.15) is 96.6 Å². The number of nitrogens with zero attached hydrogens (tertiary/aromatic N) is 1. The Labute approximate surface area is 235 Å². The maximum absolute atomic E-state index is 13.3. The zero-order valence-electron chi connectivity index (χ0n) is 24.4. The lowest BCUT2D eigenvalue weighted by Gasteiger charge is -2.62. The number of carbonyl (C=O) groups excluding carboxylic acids is 1. The van der Waals surface area contributed by atoms with E-state index in [4.69, 9.17) is 4.74 Å². The van der Waals surface area contributed by atoms with Gasteiger partial charge in [-0.15, -0.1) is 0 Å². The van der Waals surface area contributed by atoms with Gasteiger partial charge in [0.15, 0.2) is 0 Å². The van der Waals surface area contributed by atoms with Crippen LogP contribution >= 0.6 is 0 Å². The first kappa shape index (κ1) is 27.7. The summed E-state index contributed by atoms with van der Waals surface area (Å²) in [5.74, 6) is 3.65. The summed E-state index contributed by atoms with van der Waals surface area (Å²) in [7, 11) is 0. The van der Waals surface area contributed by atoms with Crippen molar-refractivity contribution in [3.8, 4) is 0 Å². The van der Waals surface area contributed by atoms with Crippen LogP contribution in [0, 0.1) is 46.3 Å². The van der Waals surface area contributed by atoms with Gasteiger partial charge in [-0.25, -0.2) is 0 Å². The van der Waals surface area contributed by atoms with Gasteiger partial charge in [-0.3, -0.25) is 4.79 Å². The number of rotatable bonds is 5. The summed E-state index contributed by atoms with van der Waals surface area (Å²) < 4.78 is 5.99. The third-order valence-corrected chi connectivity index (χ3v) is 12.9. The van der Waals surface area contributed by atoms with Gasteiger partial charge in [-0.2, -0.15) is 0 Å². The van der Waals surface area contributed by atoms with Crippen LogP contribution in [0.25, 0.3) is 0 Å². The molecule has 0 radical (unpaired) electrons. The van der Waals surface area contributed by atoms with Crippen LogP contribution in [0.4, 0.5) is 0 Å². The first-order valence-electron chi connectivity index (χ1n) is 16.0. The van der Waals surface area contributed by atoms with Crippen molar-refractivity contribution in [1.29, 1.82) is 0 Å². The molecule has 2 N–H and O–H groups in total. The number of amides is 1. The molecule has 39 heavy (non-hydrogen) atoms. The van der Waals surface area contributed by atoms with Crippen LogP contribution in [-0.2, 0) is 9.53 Å². The summed E-state index contributed by atoms with van der Waals surface area (Å²) in [6.45, 7) is 9.15. The van der Waals surface area contributed by atoms with Crippen molar-refractivity contribution in [3.63, 3.8) is 0 Å². The summed E-state index contributed by atoms with van der Waals surface area (Å²) in [4.78, 5) is 15.3. The van der Waals surface area contributed by atoms with Gasteiger partial charge in [-0.1, -0.05) is 51.1 Å². The number of benzene rings is 1. The molecule has 6 rings (SSSR count). The Kier molecular flexibility index (Phi) is 7.65. The number of ether oxygens (including phenoxy) is 1. The van der Waals surface area contributed by atoms with Gasteiger partial charge in [0.05, 0.1) is 25.4 Å². The molecule has 4 saturated carbocycles. The predicted octanol–water partition coefficient (Wildman–Crippen LogP) is 5.99. The summed E-state index contributed by atoms with van der Waals surface area (Å²) in [6, 6.07) is 10.2. The van der Waals surface area contributed by atoms with E-state index in [1.54, 1.807) is 0 Å². The smallest absolute Gasteiger partial charge is 0.222 e. The van der Waals surface area contributed by atoms with E-state index in [0.29, 0.717) is 61.6 Å². The number of fused-ring (bicyclic) bond motifs is 5. The Balaban J connectivity index is 1.09. The van der Waals surface area contributed by atoms with E-state index in [1.165, 1.54) is 25.7 Å². The minimum Gasteiger partial charge on any atom is -0.393 e. The molecule has 11 atom stereocenters. The van der Waals surface area contributed by atoms with Crippen molar-refractivity contribution < 1.29 is 19.7 Å². The van der Waals surface area contributed by atoms with Gasteiger partial charge in [0.2, 0.25) is 5.91 Å². The average Bonchev–Trinajstić information content (AvgIpc) is 3.32. The topological polar surface area (TPSA) is 70.0 Å². The van der Waals surface area contributed by atoms with Crippen molar-refractivity contribution >= 4 is 5.91 Å². The Morgan fingerprint density at radius 3 is 2.64 bits per heavy atom. The molecular weight excluding hydrogens is 486 g/mol. The minimum absolute atomic E-state index is 0.0365. The summed E-state index contributed by atoms with van der Waals surface area (Å²) in [5.41, 5.74) is 1.37.